The van der Waals surface area contributed by atoms with Crippen LogP contribution in [0.1, 0.15) is 18.9 Å². The molecule has 0 bridgehead atoms. The lowest BCUT2D eigenvalue weighted by atomic mass is 10.2. The summed E-state index contributed by atoms with van der Waals surface area (Å²) in [5.41, 5.74) is 0.109. The summed E-state index contributed by atoms with van der Waals surface area (Å²) < 4.78 is 32.1. The molecule has 0 unspecified atom stereocenters. The maximum atomic E-state index is 13.6. The van der Waals surface area contributed by atoms with Gasteiger partial charge >= 0.3 is 5.97 Å². The fourth-order valence-electron chi connectivity index (χ4n) is 1.31. The molecule has 100 valence electrons. The van der Waals surface area contributed by atoms with Gasteiger partial charge in [-0.3, -0.25) is 0 Å². The summed E-state index contributed by atoms with van der Waals surface area (Å²) in [6.45, 7) is 1.74. The van der Waals surface area contributed by atoms with Crippen LogP contribution in [0, 0.1) is 23.5 Å². The molecule has 1 rings (SSSR count). The molecule has 0 saturated carbocycles. The highest BCUT2D eigenvalue weighted by molar-refractivity contribution is 5.85. The smallest absolute Gasteiger partial charge is 0.328 e. The minimum absolute atomic E-state index is 0.0823. The van der Waals surface area contributed by atoms with Gasteiger partial charge in [0.25, 0.3) is 0 Å². The van der Waals surface area contributed by atoms with Gasteiger partial charge in [-0.25, -0.2) is 13.6 Å². The first-order chi connectivity index (χ1) is 9.04. The molecule has 3 nitrogen and oxygen atoms in total. The number of hydrogen-bond donors (Lipinski definition) is 1. The van der Waals surface area contributed by atoms with E-state index >= 15 is 0 Å². The van der Waals surface area contributed by atoms with Gasteiger partial charge in [-0.2, -0.15) is 0 Å². The highest BCUT2D eigenvalue weighted by Crippen LogP contribution is 2.24. The Morgan fingerprint density at radius 3 is 2.58 bits per heavy atom. The maximum Gasteiger partial charge on any atom is 0.328 e. The summed E-state index contributed by atoms with van der Waals surface area (Å²) in [6, 6.07) is 2.01. The largest absolute Gasteiger partial charge is 0.487 e. The van der Waals surface area contributed by atoms with Crippen molar-refractivity contribution in [3.8, 4) is 17.6 Å². The lowest BCUT2D eigenvalue weighted by molar-refractivity contribution is -0.131. The van der Waals surface area contributed by atoms with Crippen molar-refractivity contribution in [1.29, 1.82) is 0 Å². The molecule has 0 spiro atoms. The number of carbonyl (C=O) groups is 1. The molecular formula is C14H12F2O3. The van der Waals surface area contributed by atoms with Crippen LogP contribution < -0.4 is 4.74 Å². The molecule has 0 aliphatic rings. The Bertz CT molecular complexity index is 531. The standard InChI is InChI=1S/C14H12F2O3/c1-2-3-4-7-19-14-11(15)8-10(9-12(14)16)5-6-13(17)18/h5-6,8-9H,4,7H2,1H3,(H,17,18)/b6-5+. The van der Waals surface area contributed by atoms with Gasteiger partial charge < -0.3 is 9.84 Å². The zero-order valence-corrected chi connectivity index (χ0v) is 10.2. The second kappa shape index (κ2) is 7.17. The summed E-state index contributed by atoms with van der Waals surface area (Å²) >= 11 is 0. The Morgan fingerprint density at radius 2 is 2.05 bits per heavy atom. The van der Waals surface area contributed by atoms with E-state index in [0.717, 1.165) is 24.3 Å². The molecule has 0 saturated heterocycles. The Kier molecular flexibility index (Phi) is 5.55. The third kappa shape index (κ3) is 4.80. The van der Waals surface area contributed by atoms with Crippen LogP contribution in [-0.4, -0.2) is 17.7 Å². The summed E-state index contributed by atoms with van der Waals surface area (Å²) in [5.74, 6) is 1.91. The third-order valence-corrected chi connectivity index (χ3v) is 2.09. The molecule has 0 aliphatic heterocycles. The Balaban J connectivity index is 2.84. The van der Waals surface area contributed by atoms with Gasteiger partial charge in [-0.05, 0) is 30.7 Å². The van der Waals surface area contributed by atoms with E-state index in [1.807, 2.05) is 0 Å². The fraction of sp³-hybridized carbons (Fsp3) is 0.214. The average molecular weight is 266 g/mol. The van der Waals surface area contributed by atoms with E-state index in [4.69, 9.17) is 9.84 Å². The first-order valence-corrected chi connectivity index (χ1v) is 5.47. The zero-order valence-electron chi connectivity index (χ0n) is 10.2. The number of benzene rings is 1. The normalized spacial score (nSPS) is 10.1. The van der Waals surface area contributed by atoms with Crippen molar-refractivity contribution in [3.63, 3.8) is 0 Å². The van der Waals surface area contributed by atoms with E-state index in [1.165, 1.54) is 0 Å². The predicted octanol–water partition coefficient (Wildman–Crippen LogP) is 2.85. The van der Waals surface area contributed by atoms with Crippen LogP contribution in [0.2, 0.25) is 0 Å². The molecule has 1 N–H and O–H groups in total. The summed E-state index contributed by atoms with van der Waals surface area (Å²) in [6.07, 6.45) is 2.27. The van der Waals surface area contributed by atoms with Crippen molar-refractivity contribution in [2.45, 2.75) is 13.3 Å². The van der Waals surface area contributed by atoms with Gasteiger partial charge in [0, 0.05) is 12.5 Å². The molecule has 1 aromatic carbocycles. The van der Waals surface area contributed by atoms with Gasteiger partial charge in [0.2, 0.25) is 0 Å². The molecule has 0 aliphatic carbocycles. The van der Waals surface area contributed by atoms with Crippen molar-refractivity contribution in [2.75, 3.05) is 6.61 Å². The summed E-state index contributed by atoms with van der Waals surface area (Å²) in [4.78, 5) is 10.3. The van der Waals surface area contributed by atoms with Crippen LogP contribution in [-0.2, 0) is 4.79 Å². The topological polar surface area (TPSA) is 46.5 Å². The molecule has 0 fully saturated rings. The Morgan fingerprint density at radius 1 is 1.42 bits per heavy atom. The quantitative estimate of drug-likeness (QED) is 0.506. The summed E-state index contributed by atoms with van der Waals surface area (Å²) in [7, 11) is 0. The van der Waals surface area contributed by atoms with E-state index in [0.29, 0.717) is 6.42 Å². The minimum atomic E-state index is -1.20. The van der Waals surface area contributed by atoms with Crippen molar-refractivity contribution in [2.24, 2.45) is 0 Å². The number of hydrogen-bond acceptors (Lipinski definition) is 2. The molecule has 0 amide bonds. The zero-order chi connectivity index (χ0) is 14.3. The molecule has 0 aromatic heterocycles. The van der Waals surface area contributed by atoms with E-state index in [9.17, 15) is 13.6 Å². The van der Waals surface area contributed by atoms with Gasteiger partial charge in [0.15, 0.2) is 17.4 Å². The number of rotatable bonds is 5. The minimum Gasteiger partial charge on any atom is -0.487 e. The summed E-state index contributed by atoms with van der Waals surface area (Å²) in [5, 5.41) is 8.42. The first kappa shape index (κ1) is 14.7. The molecule has 0 atom stereocenters. The van der Waals surface area contributed by atoms with E-state index in [1.54, 1.807) is 6.92 Å². The van der Waals surface area contributed by atoms with Gasteiger partial charge in [0.1, 0.15) is 0 Å². The fourth-order valence-corrected chi connectivity index (χ4v) is 1.31. The second-order valence-electron chi connectivity index (χ2n) is 3.51. The molecule has 19 heavy (non-hydrogen) atoms. The molecular weight excluding hydrogens is 254 g/mol. The molecule has 0 heterocycles. The van der Waals surface area contributed by atoms with Crippen LogP contribution in [0.25, 0.3) is 6.08 Å². The van der Waals surface area contributed by atoms with Crippen LogP contribution in [0.15, 0.2) is 18.2 Å². The van der Waals surface area contributed by atoms with E-state index in [-0.39, 0.29) is 12.2 Å². The van der Waals surface area contributed by atoms with Crippen LogP contribution in [0.4, 0.5) is 8.78 Å². The monoisotopic (exact) mass is 266 g/mol. The second-order valence-corrected chi connectivity index (χ2v) is 3.51. The average Bonchev–Trinajstić information content (AvgIpc) is 2.34. The number of aliphatic carboxylic acids is 1. The number of halogens is 2. The van der Waals surface area contributed by atoms with Crippen molar-refractivity contribution in [1.82, 2.24) is 0 Å². The van der Waals surface area contributed by atoms with Crippen LogP contribution in [0.3, 0.4) is 0 Å². The highest BCUT2D eigenvalue weighted by atomic mass is 19.1. The predicted molar refractivity (Wildman–Crippen MR) is 66.6 cm³/mol. The van der Waals surface area contributed by atoms with Crippen molar-refractivity contribution in [3.05, 3.63) is 35.4 Å². The molecule has 0 radical (unpaired) electrons. The maximum absolute atomic E-state index is 13.6. The van der Waals surface area contributed by atoms with Crippen molar-refractivity contribution < 1.29 is 23.4 Å². The SMILES string of the molecule is CC#CCCOc1c(F)cc(/C=C/C(=O)O)cc1F. The lowest BCUT2D eigenvalue weighted by Gasteiger charge is -2.07. The van der Waals surface area contributed by atoms with Gasteiger partial charge in [-0.15, -0.1) is 11.8 Å². The third-order valence-electron chi connectivity index (χ3n) is 2.09. The highest BCUT2D eigenvalue weighted by Gasteiger charge is 2.11. The number of ether oxygens (including phenoxy) is 1. The Labute approximate surface area is 109 Å². The lowest BCUT2D eigenvalue weighted by Crippen LogP contribution is -2.01. The Hall–Kier alpha value is -2.35. The van der Waals surface area contributed by atoms with Crippen LogP contribution >= 0.6 is 0 Å². The van der Waals surface area contributed by atoms with Gasteiger partial charge in [-0.1, -0.05) is 0 Å². The van der Waals surface area contributed by atoms with E-state index < -0.39 is 23.4 Å². The first-order valence-electron chi connectivity index (χ1n) is 5.47. The van der Waals surface area contributed by atoms with Crippen molar-refractivity contribution >= 4 is 12.0 Å². The van der Waals surface area contributed by atoms with E-state index in [2.05, 4.69) is 11.8 Å². The number of carboxylic acids is 1. The van der Waals surface area contributed by atoms with Crippen LogP contribution in [0.5, 0.6) is 5.75 Å². The molecule has 5 heteroatoms. The number of carboxylic acid groups (broad SMARTS) is 1. The van der Waals surface area contributed by atoms with Gasteiger partial charge in [0.05, 0.1) is 6.61 Å². The molecule has 1 aromatic rings.